The number of nitrogens with two attached hydrogens (primary N) is 1. The first-order valence-corrected chi connectivity index (χ1v) is 6.96. The Morgan fingerprint density at radius 1 is 1.42 bits per heavy atom. The number of benzene rings is 1. The lowest BCUT2D eigenvalue weighted by Gasteiger charge is -2.41. The molecule has 0 unspecified atom stereocenters. The predicted molar refractivity (Wildman–Crippen MR) is 77.9 cm³/mol. The number of hydrogen-bond donors (Lipinski definition) is 3. The minimum absolute atomic E-state index is 0.0484. The summed E-state index contributed by atoms with van der Waals surface area (Å²) in [6.45, 7) is 4.94. The number of hydrogen-bond acceptors (Lipinski definition) is 3. The Kier molecular flexibility index (Phi) is 4.10. The molecule has 0 aromatic heterocycles. The van der Waals surface area contributed by atoms with Gasteiger partial charge in [-0.1, -0.05) is 19.4 Å². The van der Waals surface area contributed by atoms with Gasteiger partial charge in [-0.25, -0.2) is 0 Å². The van der Waals surface area contributed by atoms with Gasteiger partial charge in [0.15, 0.2) is 0 Å². The van der Waals surface area contributed by atoms with Crippen molar-refractivity contribution in [3.63, 3.8) is 0 Å². The first-order chi connectivity index (χ1) is 9.10. The van der Waals surface area contributed by atoms with Crippen LogP contribution in [0.1, 0.15) is 48.5 Å². The average Bonchev–Trinajstić information content (AvgIpc) is 2.37. The number of carbonyl (C=O) groups excluding carboxylic acids is 1. The summed E-state index contributed by atoms with van der Waals surface area (Å²) in [5, 5.41) is 3.05. The third kappa shape index (κ3) is 2.89. The van der Waals surface area contributed by atoms with E-state index in [0.29, 0.717) is 16.7 Å². The van der Waals surface area contributed by atoms with Crippen LogP contribution in [0.25, 0.3) is 0 Å². The Labute approximate surface area is 114 Å². The third-order valence-electron chi connectivity index (χ3n) is 4.36. The van der Waals surface area contributed by atoms with Gasteiger partial charge in [0, 0.05) is 6.54 Å². The number of hydrazine groups is 1. The summed E-state index contributed by atoms with van der Waals surface area (Å²) in [6.07, 6.45) is 4.85. The molecule has 2 rings (SSSR count). The number of nitrogens with one attached hydrogen (secondary N) is 2. The van der Waals surface area contributed by atoms with E-state index >= 15 is 0 Å². The van der Waals surface area contributed by atoms with Crippen LogP contribution in [0.3, 0.4) is 0 Å². The van der Waals surface area contributed by atoms with E-state index in [0.717, 1.165) is 18.5 Å². The molecule has 0 aliphatic heterocycles. The molecule has 0 radical (unpaired) electrons. The van der Waals surface area contributed by atoms with Gasteiger partial charge >= 0.3 is 0 Å². The molecule has 0 atom stereocenters. The van der Waals surface area contributed by atoms with Crippen molar-refractivity contribution in [2.75, 3.05) is 12.0 Å². The topological polar surface area (TPSA) is 67.2 Å². The molecule has 1 amide bonds. The van der Waals surface area contributed by atoms with Crippen molar-refractivity contribution in [1.29, 1.82) is 0 Å². The molecule has 0 spiro atoms. The van der Waals surface area contributed by atoms with Crippen molar-refractivity contribution in [3.8, 4) is 0 Å². The van der Waals surface area contributed by atoms with E-state index in [1.165, 1.54) is 19.3 Å². The van der Waals surface area contributed by atoms with Gasteiger partial charge in [-0.05, 0) is 49.3 Å². The second-order valence-corrected chi connectivity index (χ2v) is 5.58. The molecule has 104 valence electrons. The quantitative estimate of drug-likeness (QED) is 0.564. The summed E-state index contributed by atoms with van der Waals surface area (Å²) in [4.78, 5) is 12.2. The van der Waals surface area contributed by atoms with Crippen LogP contribution in [0.4, 0.5) is 5.69 Å². The van der Waals surface area contributed by atoms with Crippen LogP contribution < -0.4 is 16.6 Å². The Morgan fingerprint density at radius 3 is 2.68 bits per heavy atom. The molecule has 0 bridgehead atoms. The van der Waals surface area contributed by atoms with Crippen LogP contribution >= 0.6 is 0 Å². The second kappa shape index (κ2) is 5.61. The van der Waals surface area contributed by atoms with Crippen molar-refractivity contribution < 1.29 is 4.79 Å². The van der Waals surface area contributed by atoms with Crippen LogP contribution in [0, 0.1) is 12.3 Å². The van der Waals surface area contributed by atoms with Crippen molar-refractivity contribution in [2.24, 2.45) is 11.3 Å². The minimum Gasteiger partial charge on any atom is -0.351 e. The van der Waals surface area contributed by atoms with E-state index in [1.54, 1.807) is 0 Å². The minimum atomic E-state index is -0.0484. The first kappa shape index (κ1) is 13.9. The van der Waals surface area contributed by atoms with Gasteiger partial charge in [0.2, 0.25) is 0 Å². The fourth-order valence-electron chi connectivity index (χ4n) is 2.67. The van der Waals surface area contributed by atoms with Gasteiger partial charge in [-0.3, -0.25) is 10.6 Å². The Bertz CT molecular complexity index is 461. The molecule has 1 fully saturated rings. The molecule has 0 heterocycles. The lowest BCUT2D eigenvalue weighted by Crippen LogP contribution is -2.41. The number of amides is 1. The van der Waals surface area contributed by atoms with E-state index in [4.69, 9.17) is 5.84 Å². The van der Waals surface area contributed by atoms with Crippen LogP contribution in [-0.4, -0.2) is 12.5 Å². The zero-order chi connectivity index (χ0) is 13.9. The monoisotopic (exact) mass is 261 g/mol. The zero-order valence-electron chi connectivity index (χ0n) is 11.8. The first-order valence-electron chi connectivity index (χ1n) is 6.96. The maximum absolute atomic E-state index is 12.2. The molecule has 19 heavy (non-hydrogen) atoms. The number of carbonyl (C=O) groups is 1. The van der Waals surface area contributed by atoms with Gasteiger partial charge in [0.25, 0.3) is 5.91 Å². The van der Waals surface area contributed by atoms with E-state index in [2.05, 4.69) is 17.7 Å². The van der Waals surface area contributed by atoms with Crippen LogP contribution in [0.5, 0.6) is 0 Å². The molecule has 1 aromatic rings. The zero-order valence-corrected chi connectivity index (χ0v) is 11.8. The van der Waals surface area contributed by atoms with Gasteiger partial charge < -0.3 is 10.7 Å². The van der Waals surface area contributed by atoms with Crippen molar-refractivity contribution >= 4 is 11.6 Å². The van der Waals surface area contributed by atoms with Gasteiger partial charge in [-0.15, -0.1) is 0 Å². The fraction of sp³-hybridized carbons (Fsp3) is 0.533. The van der Waals surface area contributed by atoms with E-state index in [9.17, 15) is 4.79 Å². The Hall–Kier alpha value is -1.55. The summed E-state index contributed by atoms with van der Waals surface area (Å²) < 4.78 is 0. The summed E-state index contributed by atoms with van der Waals surface area (Å²) in [5.74, 6) is 5.42. The summed E-state index contributed by atoms with van der Waals surface area (Å²) in [7, 11) is 0. The van der Waals surface area contributed by atoms with Crippen molar-refractivity contribution in [1.82, 2.24) is 5.32 Å². The molecule has 0 saturated heterocycles. The number of rotatable bonds is 5. The molecule has 1 aliphatic carbocycles. The van der Waals surface area contributed by atoms with Crippen molar-refractivity contribution in [2.45, 2.75) is 39.5 Å². The summed E-state index contributed by atoms with van der Waals surface area (Å²) in [5.41, 5.74) is 5.29. The summed E-state index contributed by atoms with van der Waals surface area (Å²) >= 11 is 0. The van der Waals surface area contributed by atoms with Crippen LogP contribution in [0.15, 0.2) is 18.2 Å². The number of nitrogen functional groups attached to an aromatic ring is 1. The molecule has 1 saturated carbocycles. The van der Waals surface area contributed by atoms with Gasteiger partial charge in [0.1, 0.15) is 0 Å². The van der Waals surface area contributed by atoms with Gasteiger partial charge in [0.05, 0.1) is 11.3 Å². The second-order valence-electron chi connectivity index (χ2n) is 5.58. The molecule has 4 heteroatoms. The standard InChI is InChI=1S/C15H23N3O/c1-3-15(7-4-8-15)10-17-14(19)12-6-5-11(2)9-13(12)18-16/h5-6,9,18H,3-4,7-8,10,16H2,1-2H3,(H,17,19). The maximum Gasteiger partial charge on any atom is 0.253 e. The Morgan fingerprint density at radius 2 is 2.16 bits per heavy atom. The van der Waals surface area contributed by atoms with Gasteiger partial charge in [-0.2, -0.15) is 0 Å². The normalized spacial score (nSPS) is 16.6. The molecule has 4 nitrogen and oxygen atoms in total. The average molecular weight is 261 g/mol. The lowest BCUT2D eigenvalue weighted by atomic mass is 9.67. The Balaban J connectivity index is 2.03. The smallest absolute Gasteiger partial charge is 0.253 e. The van der Waals surface area contributed by atoms with E-state index < -0.39 is 0 Å². The lowest BCUT2D eigenvalue weighted by molar-refractivity contribution is 0.0851. The molecule has 4 N–H and O–H groups in total. The summed E-state index contributed by atoms with van der Waals surface area (Å²) in [6, 6.07) is 5.63. The number of anilines is 1. The van der Waals surface area contributed by atoms with E-state index in [-0.39, 0.29) is 5.91 Å². The molecular formula is C15H23N3O. The highest BCUT2D eigenvalue weighted by molar-refractivity contribution is 5.99. The fourth-order valence-corrected chi connectivity index (χ4v) is 2.67. The highest BCUT2D eigenvalue weighted by Gasteiger charge is 2.35. The highest BCUT2D eigenvalue weighted by atomic mass is 16.1. The number of aryl methyl sites for hydroxylation is 1. The van der Waals surface area contributed by atoms with Crippen molar-refractivity contribution in [3.05, 3.63) is 29.3 Å². The predicted octanol–water partition coefficient (Wildman–Crippen LogP) is 2.59. The maximum atomic E-state index is 12.2. The molecular weight excluding hydrogens is 238 g/mol. The largest absolute Gasteiger partial charge is 0.351 e. The van der Waals surface area contributed by atoms with Crippen LogP contribution in [-0.2, 0) is 0 Å². The van der Waals surface area contributed by atoms with Crippen LogP contribution in [0.2, 0.25) is 0 Å². The third-order valence-corrected chi connectivity index (χ3v) is 4.36. The molecule has 1 aromatic carbocycles. The van der Waals surface area contributed by atoms with E-state index in [1.807, 2.05) is 25.1 Å². The molecule has 1 aliphatic rings. The highest BCUT2D eigenvalue weighted by Crippen LogP contribution is 2.43. The SMILES string of the molecule is CCC1(CNC(=O)c2ccc(C)cc2NN)CCC1.